The maximum atomic E-state index is 11.7. The van der Waals surface area contributed by atoms with E-state index in [2.05, 4.69) is 15.3 Å². The van der Waals surface area contributed by atoms with Crippen molar-refractivity contribution in [2.24, 2.45) is 4.99 Å². The summed E-state index contributed by atoms with van der Waals surface area (Å²) in [4.78, 5) is 42.7. The molecule has 11 nitrogen and oxygen atoms in total. The van der Waals surface area contributed by atoms with E-state index in [4.69, 9.17) is 30.5 Å². The molecule has 1 saturated heterocycles. The zero-order valence-electron chi connectivity index (χ0n) is 15.3. The predicted octanol–water partition coefficient (Wildman–Crippen LogP) is 0.898. The van der Waals surface area contributed by atoms with Crippen LogP contribution in [0.25, 0.3) is 0 Å². The molecule has 0 saturated carbocycles. The smallest absolute Gasteiger partial charge is 0.303 e. The van der Waals surface area contributed by atoms with Gasteiger partial charge in [-0.1, -0.05) is 11.6 Å². The summed E-state index contributed by atoms with van der Waals surface area (Å²) in [6.45, 7) is 3.50. The second-order valence-electron chi connectivity index (χ2n) is 6.16. The van der Waals surface area contributed by atoms with Crippen molar-refractivity contribution < 1.29 is 33.3 Å². The average Bonchev–Trinajstić information content (AvgIpc) is 3.16. The van der Waals surface area contributed by atoms with Crippen molar-refractivity contribution in [2.45, 2.75) is 50.8 Å². The van der Waals surface area contributed by atoms with Gasteiger partial charge in [0.15, 0.2) is 23.9 Å². The highest BCUT2D eigenvalue weighted by atomic mass is 35.5. The topological polar surface area (TPSA) is 130 Å². The molecule has 3 rings (SSSR count). The Morgan fingerprint density at radius 3 is 2.50 bits per heavy atom. The van der Waals surface area contributed by atoms with E-state index in [9.17, 15) is 14.4 Å². The minimum absolute atomic E-state index is 0.189. The van der Waals surface area contributed by atoms with Gasteiger partial charge in [0.25, 0.3) is 0 Å². The van der Waals surface area contributed by atoms with E-state index < -0.39 is 47.9 Å². The van der Waals surface area contributed by atoms with Crippen molar-refractivity contribution in [2.75, 3.05) is 11.9 Å². The quantitative estimate of drug-likeness (QED) is 0.323. The summed E-state index contributed by atoms with van der Waals surface area (Å²) in [5.41, 5.74) is -0.228. The van der Waals surface area contributed by atoms with E-state index in [0.29, 0.717) is 11.5 Å². The molecular formula is C16H19ClN4O7. The molecule has 28 heavy (non-hydrogen) atoms. The van der Waals surface area contributed by atoms with E-state index >= 15 is 0 Å². The van der Waals surface area contributed by atoms with Gasteiger partial charge in [0.2, 0.25) is 0 Å². The first kappa shape index (κ1) is 20.1. The standard InChI is InChI=1S/C16H19ClN4O7/c1-7(22)25-4-10-12(26-8(2)23)13(27-9(3)24)16(28-10)21-6-20-11-14(17)18-5-19-15(11)21/h5-6,10,12-14,16H,4H2,1-3H3,(H,18,19)/t10-,12+,13?,14?,16-/m1/s1. The molecule has 0 amide bonds. The summed E-state index contributed by atoms with van der Waals surface area (Å²) in [7, 11) is 0. The van der Waals surface area contributed by atoms with E-state index in [1.165, 1.54) is 33.4 Å². The van der Waals surface area contributed by atoms with Gasteiger partial charge in [-0.05, 0) is 0 Å². The summed E-state index contributed by atoms with van der Waals surface area (Å²) in [6.07, 6.45) is -0.907. The number of imidazole rings is 1. The van der Waals surface area contributed by atoms with Crippen molar-refractivity contribution in [3.8, 4) is 0 Å². The molecule has 0 aliphatic carbocycles. The van der Waals surface area contributed by atoms with Crippen LogP contribution in [0.2, 0.25) is 0 Å². The Bertz CT molecular complexity index is 811. The van der Waals surface area contributed by atoms with Crippen LogP contribution >= 0.6 is 11.6 Å². The Kier molecular flexibility index (Phi) is 5.84. The largest absolute Gasteiger partial charge is 0.463 e. The van der Waals surface area contributed by atoms with E-state index in [0.717, 1.165) is 0 Å². The third-order valence-corrected chi connectivity index (χ3v) is 4.39. The van der Waals surface area contributed by atoms with Gasteiger partial charge in [0, 0.05) is 20.8 Å². The van der Waals surface area contributed by atoms with E-state index in [1.807, 2.05) is 0 Å². The number of carbonyl (C=O) groups excluding carboxylic acids is 3. The number of hydrogen-bond donors (Lipinski definition) is 1. The van der Waals surface area contributed by atoms with Crippen LogP contribution in [0, 0.1) is 0 Å². The van der Waals surface area contributed by atoms with Crippen LogP contribution in [0.4, 0.5) is 5.82 Å². The number of aromatic nitrogens is 2. The highest BCUT2D eigenvalue weighted by Crippen LogP contribution is 2.39. The van der Waals surface area contributed by atoms with Gasteiger partial charge in [-0.25, -0.2) is 9.98 Å². The molecule has 0 spiro atoms. The minimum Gasteiger partial charge on any atom is -0.463 e. The van der Waals surface area contributed by atoms with Crippen LogP contribution in [-0.2, 0) is 33.3 Å². The third kappa shape index (κ3) is 4.09. The molecule has 0 aromatic carbocycles. The Balaban J connectivity index is 1.95. The normalized spacial score (nSPS) is 28.2. The lowest BCUT2D eigenvalue weighted by atomic mass is 10.1. The van der Waals surface area contributed by atoms with Crippen LogP contribution in [0.15, 0.2) is 11.3 Å². The second-order valence-corrected chi connectivity index (χ2v) is 6.57. The number of rotatable bonds is 5. The highest BCUT2D eigenvalue weighted by molar-refractivity contribution is 6.21. The van der Waals surface area contributed by atoms with Crippen LogP contribution in [0.5, 0.6) is 0 Å². The summed E-state index contributed by atoms with van der Waals surface area (Å²) in [5, 5.41) is 2.92. The van der Waals surface area contributed by atoms with Gasteiger partial charge in [0.05, 0.1) is 12.7 Å². The summed E-state index contributed by atoms with van der Waals surface area (Å²) in [6, 6.07) is 0. The molecule has 2 aliphatic heterocycles. The molecule has 152 valence electrons. The highest BCUT2D eigenvalue weighted by Gasteiger charge is 2.51. The van der Waals surface area contributed by atoms with Crippen molar-refractivity contribution in [3.05, 3.63) is 12.0 Å². The number of alkyl halides is 1. The van der Waals surface area contributed by atoms with Crippen molar-refractivity contribution in [1.29, 1.82) is 0 Å². The number of fused-ring (bicyclic) bond motifs is 1. The first-order valence-corrected chi connectivity index (χ1v) is 8.83. The number of esters is 3. The fourth-order valence-electron chi connectivity index (χ4n) is 3.04. The number of nitrogens with one attached hydrogen (secondary N) is 1. The van der Waals surface area contributed by atoms with Gasteiger partial charge in [0.1, 0.15) is 24.2 Å². The number of carbonyl (C=O) groups is 3. The molecule has 2 aliphatic rings. The van der Waals surface area contributed by atoms with Crippen LogP contribution in [0.3, 0.4) is 0 Å². The number of hydrogen-bond acceptors (Lipinski definition) is 10. The zero-order chi connectivity index (χ0) is 20.4. The predicted molar refractivity (Wildman–Crippen MR) is 94.6 cm³/mol. The van der Waals surface area contributed by atoms with E-state index in [1.54, 1.807) is 4.57 Å². The monoisotopic (exact) mass is 414 g/mol. The molecule has 0 radical (unpaired) electrons. The van der Waals surface area contributed by atoms with Crippen molar-refractivity contribution >= 4 is 41.7 Å². The maximum Gasteiger partial charge on any atom is 0.303 e. The molecule has 1 fully saturated rings. The van der Waals surface area contributed by atoms with Crippen molar-refractivity contribution in [1.82, 2.24) is 9.55 Å². The molecule has 5 atom stereocenters. The van der Waals surface area contributed by atoms with Crippen LogP contribution < -0.4 is 5.32 Å². The van der Waals surface area contributed by atoms with E-state index in [-0.39, 0.29) is 6.61 Å². The molecule has 1 aromatic rings. The third-order valence-electron chi connectivity index (χ3n) is 4.07. The van der Waals surface area contributed by atoms with Gasteiger partial charge in [-0.15, -0.1) is 0 Å². The second kappa shape index (κ2) is 8.15. The zero-order valence-corrected chi connectivity index (χ0v) is 16.1. The Morgan fingerprint density at radius 1 is 1.18 bits per heavy atom. The van der Waals surface area contributed by atoms with Gasteiger partial charge < -0.3 is 24.3 Å². The SMILES string of the molecule is CC(=O)OC[C@H]1O[C@@H](n2cnc3c2NC=NC3Cl)C(OC(C)=O)[C@H]1OC(C)=O. The van der Waals surface area contributed by atoms with Gasteiger partial charge in [-0.3, -0.25) is 19.0 Å². The first-order chi connectivity index (χ1) is 13.3. The van der Waals surface area contributed by atoms with Crippen LogP contribution in [-0.4, -0.2) is 58.7 Å². The lowest BCUT2D eigenvalue weighted by Crippen LogP contribution is -2.40. The summed E-state index contributed by atoms with van der Waals surface area (Å²) in [5.74, 6) is -1.23. The Labute approximate surface area is 164 Å². The Morgan fingerprint density at radius 2 is 1.86 bits per heavy atom. The van der Waals surface area contributed by atoms with Gasteiger partial charge in [-0.2, -0.15) is 0 Å². The number of aliphatic imine (C=N–C) groups is 1. The summed E-state index contributed by atoms with van der Waals surface area (Å²) < 4.78 is 23.2. The molecule has 1 aromatic heterocycles. The Hall–Kier alpha value is -2.66. The number of ether oxygens (including phenoxy) is 4. The number of anilines is 1. The van der Waals surface area contributed by atoms with Crippen LogP contribution in [0.1, 0.15) is 38.2 Å². The average molecular weight is 415 g/mol. The number of halogens is 1. The molecule has 2 unspecified atom stereocenters. The molecule has 3 heterocycles. The number of nitrogens with zero attached hydrogens (tertiary/aromatic N) is 3. The fourth-order valence-corrected chi connectivity index (χ4v) is 3.26. The van der Waals surface area contributed by atoms with Gasteiger partial charge >= 0.3 is 17.9 Å². The first-order valence-electron chi connectivity index (χ1n) is 8.40. The minimum atomic E-state index is -1.00. The molecule has 1 N–H and O–H groups in total. The lowest BCUT2D eigenvalue weighted by molar-refractivity contribution is -0.166. The lowest BCUT2D eigenvalue weighted by Gasteiger charge is -2.25. The van der Waals surface area contributed by atoms with Crippen molar-refractivity contribution in [3.63, 3.8) is 0 Å². The molecular weight excluding hydrogens is 396 g/mol. The maximum absolute atomic E-state index is 11.7. The summed E-state index contributed by atoms with van der Waals surface area (Å²) >= 11 is 6.13. The fraction of sp³-hybridized carbons (Fsp3) is 0.562. The molecule has 0 bridgehead atoms. The molecule has 12 heteroatoms.